The highest BCUT2D eigenvalue weighted by Gasteiger charge is 2.35. The van der Waals surface area contributed by atoms with Crippen LogP contribution in [-0.2, 0) is 4.74 Å². The summed E-state index contributed by atoms with van der Waals surface area (Å²) in [6.45, 7) is 2.39. The van der Waals surface area contributed by atoms with E-state index < -0.39 is 0 Å². The first-order valence-electron chi connectivity index (χ1n) is 6.40. The van der Waals surface area contributed by atoms with E-state index in [1.807, 2.05) is 0 Å². The fourth-order valence-electron chi connectivity index (χ4n) is 2.80. The van der Waals surface area contributed by atoms with Crippen LogP contribution in [0.2, 0.25) is 0 Å². The quantitative estimate of drug-likeness (QED) is 0.696. The smallest absolute Gasteiger partial charge is 0.0661 e. The summed E-state index contributed by atoms with van der Waals surface area (Å²) in [5.41, 5.74) is 5.97. The Balaban J connectivity index is 1.87. The van der Waals surface area contributed by atoms with E-state index in [0.717, 1.165) is 19.6 Å². The zero-order valence-corrected chi connectivity index (χ0v) is 9.63. The Labute approximate surface area is 92.7 Å². The van der Waals surface area contributed by atoms with E-state index in [1.54, 1.807) is 0 Å². The highest BCUT2D eigenvalue weighted by molar-refractivity contribution is 4.95. The van der Waals surface area contributed by atoms with Gasteiger partial charge in [-0.25, -0.2) is 0 Å². The van der Waals surface area contributed by atoms with Crippen LogP contribution in [0.3, 0.4) is 0 Å². The molecule has 15 heavy (non-hydrogen) atoms. The molecule has 3 N–H and O–H groups in total. The first-order valence-corrected chi connectivity index (χ1v) is 6.40. The molecule has 2 rings (SSSR count). The molecule has 3 heteroatoms. The molecule has 1 aliphatic carbocycles. The Bertz CT molecular complexity index is 182. The maximum Gasteiger partial charge on any atom is 0.0661 e. The number of nitrogens with two attached hydrogens (primary N) is 1. The molecular formula is C12H24N2O. The topological polar surface area (TPSA) is 47.3 Å². The van der Waals surface area contributed by atoms with Crippen molar-refractivity contribution in [1.29, 1.82) is 0 Å². The van der Waals surface area contributed by atoms with Crippen LogP contribution >= 0.6 is 0 Å². The average molecular weight is 212 g/mol. The van der Waals surface area contributed by atoms with Gasteiger partial charge in [0.15, 0.2) is 0 Å². The van der Waals surface area contributed by atoms with Gasteiger partial charge in [-0.15, -0.1) is 0 Å². The predicted molar refractivity (Wildman–Crippen MR) is 61.8 cm³/mol. The molecule has 88 valence electrons. The van der Waals surface area contributed by atoms with E-state index in [2.05, 4.69) is 5.32 Å². The molecule has 1 heterocycles. The van der Waals surface area contributed by atoms with E-state index >= 15 is 0 Å². The zero-order valence-electron chi connectivity index (χ0n) is 9.63. The van der Waals surface area contributed by atoms with Crippen LogP contribution in [0.1, 0.15) is 44.9 Å². The van der Waals surface area contributed by atoms with E-state index in [0.29, 0.717) is 12.6 Å². The monoisotopic (exact) mass is 212 g/mol. The summed E-state index contributed by atoms with van der Waals surface area (Å²) in [4.78, 5) is 0. The number of ether oxygens (including phenoxy) is 1. The van der Waals surface area contributed by atoms with Gasteiger partial charge < -0.3 is 15.8 Å². The van der Waals surface area contributed by atoms with Crippen LogP contribution in [-0.4, -0.2) is 31.3 Å². The van der Waals surface area contributed by atoms with Crippen molar-refractivity contribution >= 4 is 0 Å². The van der Waals surface area contributed by atoms with Crippen LogP contribution < -0.4 is 11.1 Å². The Morgan fingerprint density at radius 3 is 2.47 bits per heavy atom. The van der Waals surface area contributed by atoms with Crippen molar-refractivity contribution in [3.63, 3.8) is 0 Å². The van der Waals surface area contributed by atoms with Crippen molar-refractivity contribution in [2.24, 2.45) is 5.73 Å². The number of hydrogen-bond acceptors (Lipinski definition) is 3. The number of nitrogens with one attached hydrogen (secondary N) is 1. The molecule has 0 aromatic heterocycles. The van der Waals surface area contributed by atoms with E-state index in [9.17, 15) is 0 Å². The van der Waals surface area contributed by atoms with Crippen LogP contribution in [0.25, 0.3) is 0 Å². The van der Waals surface area contributed by atoms with Crippen LogP contribution in [0.5, 0.6) is 0 Å². The lowest BCUT2D eigenvalue weighted by Crippen LogP contribution is -2.55. The second-order valence-electron chi connectivity index (χ2n) is 5.12. The summed E-state index contributed by atoms with van der Waals surface area (Å²) in [7, 11) is 0. The molecule has 0 radical (unpaired) electrons. The maximum atomic E-state index is 5.88. The minimum absolute atomic E-state index is 0.0923. The zero-order chi connectivity index (χ0) is 10.6. The Hall–Kier alpha value is -0.120. The predicted octanol–water partition coefficient (Wildman–Crippen LogP) is 1.42. The van der Waals surface area contributed by atoms with E-state index in [-0.39, 0.29) is 5.54 Å². The minimum Gasteiger partial charge on any atom is -0.379 e. The molecular weight excluding hydrogens is 188 g/mol. The van der Waals surface area contributed by atoms with Crippen LogP contribution in [0.15, 0.2) is 0 Å². The van der Waals surface area contributed by atoms with Crippen molar-refractivity contribution in [2.45, 2.75) is 56.5 Å². The SMILES string of the molecule is NCC1(NC2CCCCCC2)CCOC1. The fraction of sp³-hybridized carbons (Fsp3) is 1.00. The largest absolute Gasteiger partial charge is 0.379 e. The third-order valence-corrected chi connectivity index (χ3v) is 3.86. The van der Waals surface area contributed by atoms with Gasteiger partial charge in [-0.2, -0.15) is 0 Å². The highest BCUT2D eigenvalue weighted by Crippen LogP contribution is 2.23. The lowest BCUT2D eigenvalue weighted by molar-refractivity contribution is 0.161. The average Bonchev–Trinajstić information content (AvgIpc) is 2.57. The van der Waals surface area contributed by atoms with E-state index in [4.69, 9.17) is 10.5 Å². The second-order valence-corrected chi connectivity index (χ2v) is 5.12. The van der Waals surface area contributed by atoms with Gasteiger partial charge in [-0.05, 0) is 19.3 Å². The van der Waals surface area contributed by atoms with Gasteiger partial charge in [0.25, 0.3) is 0 Å². The molecule has 0 aromatic rings. The summed E-state index contributed by atoms with van der Waals surface area (Å²) in [6, 6.07) is 0.678. The van der Waals surface area contributed by atoms with Crippen LogP contribution in [0, 0.1) is 0 Å². The van der Waals surface area contributed by atoms with Crippen molar-refractivity contribution in [2.75, 3.05) is 19.8 Å². The summed E-state index contributed by atoms with van der Waals surface area (Å²) in [5, 5.41) is 3.77. The van der Waals surface area contributed by atoms with E-state index in [1.165, 1.54) is 38.5 Å². The molecule has 3 nitrogen and oxygen atoms in total. The van der Waals surface area contributed by atoms with Gasteiger partial charge in [0.05, 0.1) is 12.1 Å². The van der Waals surface area contributed by atoms with Crippen molar-refractivity contribution < 1.29 is 4.74 Å². The third-order valence-electron chi connectivity index (χ3n) is 3.86. The Morgan fingerprint density at radius 2 is 1.93 bits per heavy atom. The molecule has 0 aromatic carbocycles. The normalized spacial score (nSPS) is 34.2. The first kappa shape index (κ1) is 11.4. The maximum absolute atomic E-state index is 5.88. The van der Waals surface area contributed by atoms with Gasteiger partial charge in [0, 0.05) is 19.2 Å². The third kappa shape index (κ3) is 2.92. The lowest BCUT2D eigenvalue weighted by atomic mass is 9.95. The molecule has 1 atom stereocenters. The molecule has 0 spiro atoms. The summed E-state index contributed by atoms with van der Waals surface area (Å²) in [5.74, 6) is 0. The Morgan fingerprint density at radius 1 is 1.20 bits per heavy atom. The molecule has 0 amide bonds. The molecule has 1 saturated heterocycles. The van der Waals surface area contributed by atoms with Crippen molar-refractivity contribution in [1.82, 2.24) is 5.32 Å². The standard InChI is InChI=1S/C12H24N2O/c13-9-12(7-8-15-10-12)14-11-5-3-1-2-4-6-11/h11,14H,1-10,13H2. The van der Waals surface area contributed by atoms with Gasteiger partial charge >= 0.3 is 0 Å². The highest BCUT2D eigenvalue weighted by atomic mass is 16.5. The van der Waals surface area contributed by atoms with Gasteiger partial charge in [0.1, 0.15) is 0 Å². The van der Waals surface area contributed by atoms with Crippen LogP contribution in [0.4, 0.5) is 0 Å². The molecule has 1 saturated carbocycles. The Kier molecular flexibility index (Phi) is 4.00. The van der Waals surface area contributed by atoms with Gasteiger partial charge in [-0.1, -0.05) is 25.7 Å². The van der Waals surface area contributed by atoms with Crippen molar-refractivity contribution in [3.8, 4) is 0 Å². The van der Waals surface area contributed by atoms with Gasteiger partial charge in [-0.3, -0.25) is 0 Å². The molecule has 1 aliphatic heterocycles. The number of rotatable bonds is 3. The molecule has 0 bridgehead atoms. The fourth-order valence-corrected chi connectivity index (χ4v) is 2.80. The minimum atomic E-state index is 0.0923. The summed E-state index contributed by atoms with van der Waals surface area (Å²) >= 11 is 0. The number of hydrogen-bond donors (Lipinski definition) is 2. The lowest BCUT2D eigenvalue weighted by Gasteiger charge is -2.32. The molecule has 1 unspecified atom stereocenters. The second kappa shape index (κ2) is 5.28. The van der Waals surface area contributed by atoms with Gasteiger partial charge in [0.2, 0.25) is 0 Å². The summed E-state index contributed by atoms with van der Waals surface area (Å²) in [6.07, 6.45) is 9.29. The summed E-state index contributed by atoms with van der Waals surface area (Å²) < 4.78 is 5.48. The van der Waals surface area contributed by atoms with Crippen molar-refractivity contribution in [3.05, 3.63) is 0 Å². The first-order chi connectivity index (χ1) is 7.35. The molecule has 2 aliphatic rings. The molecule has 2 fully saturated rings.